The van der Waals surface area contributed by atoms with Gasteiger partial charge in [0.15, 0.2) is 5.96 Å². The number of rotatable bonds is 4. The van der Waals surface area contributed by atoms with Gasteiger partial charge in [0, 0.05) is 19.4 Å². The van der Waals surface area contributed by atoms with Crippen LogP contribution in [0.2, 0.25) is 0 Å². The third-order valence-corrected chi connectivity index (χ3v) is 3.34. The number of furan rings is 1. The van der Waals surface area contributed by atoms with Crippen LogP contribution in [0.4, 0.5) is 0 Å². The molecule has 0 aliphatic carbocycles. The molecular weight excluding hydrogens is 405 g/mol. The van der Waals surface area contributed by atoms with Gasteiger partial charge in [-0.2, -0.15) is 0 Å². The number of imidazole rings is 1. The lowest BCUT2D eigenvalue weighted by Gasteiger charge is -2.09. The monoisotopic (exact) mass is 425 g/mol. The quantitative estimate of drug-likeness (QED) is 0.383. The van der Waals surface area contributed by atoms with Crippen LogP contribution in [0.5, 0.6) is 0 Å². The number of nitrogens with zero attached hydrogens (tertiary/aromatic N) is 3. The topological polar surface area (TPSA) is 66.9 Å². The van der Waals surface area contributed by atoms with Crippen LogP contribution < -0.4 is 10.6 Å². The molecule has 3 aromatic heterocycles. The number of fused-ring (bicyclic) bond motifs is 1. The molecule has 0 fully saturated rings. The Balaban J connectivity index is 0.00000192. The van der Waals surface area contributed by atoms with E-state index in [0.29, 0.717) is 19.0 Å². The summed E-state index contributed by atoms with van der Waals surface area (Å²) in [6.07, 6.45) is 5.69. The summed E-state index contributed by atoms with van der Waals surface area (Å²) in [7, 11) is 1.74. The van der Waals surface area contributed by atoms with Gasteiger partial charge in [-0.05, 0) is 36.8 Å². The van der Waals surface area contributed by atoms with E-state index in [0.717, 1.165) is 17.1 Å². The molecule has 0 spiro atoms. The van der Waals surface area contributed by atoms with Crippen LogP contribution in [0.25, 0.3) is 5.65 Å². The van der Waals surface area contributed by atoms with Crippen molar-refractivity contribution in [2.45, 2.75) is 20.0 Å². The van der Waals surface area contributed by atoms with Crippen molar-refractivity contribution in [2.24, 2.45) is 4.99 Å². The van der Waals surface area contributed by atoms with Crippen LogP contribution in [0.3, 0.4) is 0 Å². The van der Waals surface area contributed by atoms with Crippen molar-refractivity contribution in [1.29, 1.82) is 0 Å². The van der Waals surface area contributed by atoms with Crippen molar-refractivity contribution < 1.29 is 4.42 Å². The highest BCUT2D eigenvalue weighted by Gasteiger charge is 2.04. The van der Waals surface area contributed by atoms with E-state index in [2.05, 4.69) is 39.7 Å². The molecule has 7 heteroatoms. The highest BCUT2D eigenvalue weighted by Crippen LogP contribution is 2.07. The van der Waals surface area contributed by atoms with E-state index in [4.69, 9.17) is 4.42 Å². The molecule has 0 amide bonds. The first-order valence-electron chi connectivity index (χ1n) is 7.16. The van der Waals surface area contributed by atoms with Crippen LogP contribution in [0.1, 0.15) is 17.0 Å². The second kappa shape index (κ2) is 8.00. The van der Waals surface area contributed by atoms with Gasteiger partial charge in [0.1, 0.15) is 11.4 Å². The highest BCUT2D eigenvalue weighted by atomic mass is 127. The van der Waals surface area contributed by atoms with Crippen molar-refractivity contribution in [3.8, 4) is 0 Å². The number of aryl methyl sites for hydroxylation is 1. The zero-order chi connectivity index (χ0) is 15.4. The molecule has 0 aliphatic heterocycles. The van der Waals surface area contributed by atoms with Gasteiger partial charge in [-0.1, -0.05) is 0 Å². The minimum Gasteiger partial charge on any atom is -0.467 e. The summed E-state index contributed by atoms with van der Waals surface area (Å²) >= 11 is 0. The van der Waals surface area contributed by atoms with E-state index in [1.807, 2.05) is 28.9 Å². The van der Waals surface area contributed by atoms with Crippen molar-refractivity contribution in [3.05, 3.63) is 59.9 Å². The molecule has 0 aliphatic rings. The fourth-order valence-corrected chi connectivity index (χ4v) is 2.20. The lowest BCUT2D eigenvalue weighted by Crippen LogP contribution is -2.36. The number of aliphatic imine (C=N–C) groups is 1. The largest absolute Gasteiger partial charge is 0.467 e. The summed E-state index contributed by atoms with van der Waals surface area (Å²) in [5.74, 6) is 1.58. The van der Waals surface area contributed by atoms with Crippen molar-refractivity contribution in [1.82, 2.24) is 20.0 Å². The van der Waals surface area contributed by atoms with Crippen LogP contribution >= 0.6 is 24.0 Å². The van der Waals surface area contributed by atoms with E-state index in [-0.39, 0.29) is 24.0 Å². The van der Waals surface area contributed by atoms with Gasteiger partial charge in [0.2, 0.25) is 0 Å². The first-order chi connectivity index (χ1) is 10.7. The van der Waals surface area contributed by atoms with Crippen LogP contribution in [-0.4, -0.2) is 22.4 Å². The third kappa shape index (κ3) is 4.47. The first kappa shape index (κ1) is 17.3. The molecule has 2 N–H and O–H groups in total. The van der Waals surface area contributed by atoms with Gasteiger partial charge in [0.05, 0.1) is 25.0 Å². The van der Waals surface area contributed by atoms with E-state index in [9.17, 15) is 0 Å². The fourth-order valence-electron chi connectivity index (χ4n) is 2.20. The van der Waals surface area contributed by atoms with Crippen LogP contribution in [-0.2, 0) is 13.1 Å². The zero-order valence-corrected chi connectivity index (χ0v) is 15.4. The number of aromatic nitrogens is 2. The molecule has 0 atom stereocenters. The Morgan fingerprint density at radius 1 is 1.30 bits per heavy atom. The molecule has 3 heterocycles. The highest BCUT2D eigenvalue weighted by molar-refractivity contribution is 14.0. The molecular formula is C16H20IN5O. The SMILES string of the molecule is CN=C(NCc1cn2ccc(C)cc2n1)NCc1ccco1.I. The number of nitrogens with one attached hydrogen (secondary N) is 2. The van der Waals surface area contributed by atoms with Gasteiger partial charge in [0.25, 0.3) is 0 Å². The smallest absolute Gasteiger partial charge is 0.191 e. The Bertz CT molecular complexity index is 779. The number of hydrogen-bond donors (Lipinski definition) is 2. The molecule has 3 rings (SSSR count). The van der Waals surface area contributed by atoms with E-state index in [1.54, 1.807) is 13.3 Å². The van der Waals surface area contributed by atoms with E-state index < -0.39 is 0 Å². The number of pyridine rings is 1. The molecule has 122 valence electrons. The minimum absolute atomic E-state index is 0. The first-order valence-corrected chi connectivity index (χ1v) is 7.16. The molecule has 0 aromatic carbocycles. The predicted octanol–water partition coefficient (Wildman–Crippen LogP) is 2.72. The van der Waals surface area contributed by atoms with E-state index >= 15 is 0 Å². The number of halogens is 1. The predicted molar refractivity (Wildman–Crippen MR) is 101 cm³/mol. The van der Waals surface area contributed by atoms with Crippen LogP contribution in [0, 0.1) is 6.92 Å². The van der Waals surface area contributed by atoms with Gasteiger partial charge >= 0.3 is 0 Å². The fraction of sp³-hybridized carbons (Fsp3) is 0.250. The molecule has 0 unspecified atom stereocenters. The third-order valence-electron chi connectivity index (χ3n) is 3.34. The Labute approximate surface area is 152 Å². The summed E-state index contributed by atoms with van der Waals surface area (Å²) in [6, 6.07) is 7.92. The molecule has 23 heavy (non-hydrogen) atoms. The Hall–Kier alpha value is -2.03. The van der Waals surface area contributed by atoms with Gasteiger partial charge in [-0.15, -0.1) is 24.0 Å². The molecule has 3 aromatic rings. The standard InChI is InChI=1S/C16H19N5O.HI/c1-12-5-6-21-11-13(20-15(21)8-12)9-18-16(17-2)19-10-14-4-3-7-22-14;/h3-8,11H,9-10H2,1-2H3,(H2,17,18,19);1H. The molecule has 0 bridgehead atoms. The Morgan fingerprint density at radius 2 is 2.13 bits per heavy atom. The maximum Gasteiger partial charge on any atom is 0.191 e. The molecule has 0 radical (unpaired) electrons. The summed E-state index contributed by atoms with van der Waals surface area (Å²) in [6.45, 7) is 3.27. The lowest BCUT2D eigenvalue weighted by atomic mass is 10.3. The van der Waals surface area contributed by atoms with Crippen molar-refractivity contribution in [3.63, 3.8) is 0 Å². The summed E-state index contributed by atoms with van der Waals surface area (Å²) < 4.78 is 7.30. The van der Waals surface area contributed by atoms with Gasteiger partial charge in [-0.25, -0.2) is 4.98 Å². The van der Waals surface area contributed by atoms with Gasteiger partial charge in [-0.3, -0.25) is 4.99 Å². The average molecular weight is 425 g/mol. The minimum atomic E-state index is 0. The van der Waals surface area contributed by atoms with Crippen LogP contribution in [0.15, 0.2) is 52.3 Å². The van der Waals surface area contributed by atoms with E-state index in [1.165, 1.54) is 5.56 Å². The second-order valence-corrected chi connectivity index (χ2v) is 5.06. The van der Waals surface area contributed by atoms with Crippen molar-refractivity contribution >= 4 is 35.6 Å². The summed E-state index contributed by atoms with van der Waals surface area (Å²) in [5, 5.41) is 6.44. The average Bonchev–Trinajstić information content (AvgIpc) is 3.16. The zero-order valence-electron chi connectivity index (χ0n) is 13.1. The molecule has 0 saturated carbocycles. The number of guanidine groups is 1. The maximum absolute atomic E-state index is 5.28. The summed E-state index contributed by atoms with van der Waals surface area (Å²) in [4.78, 5) is 8.78. The van der Waals surface area contributed by atoms with Crippen molar-refractivity contribution in [2.75, 3.05) is 7.05 Å². The number of hydrogen-bond acceptors (Lipinski definition) is 3. The molecule has 0 saturated heterocycles. The Kier molecular flexibility index (Phi) is 6.03. The second-order valence-electron chi connectivity index (χ2n) is 5.06. The lowest BCUT2D eigenvalue weighted by molar-refractivity contribution is 0.501. The Morgan fingerprint density at radius 3 is 2.87 bits per heavy atom. The van der Waals surface area contributed by atoms with Gasteiger partial charge < -0.3 is 19.5 Å². The normalized spacial score (nSPS) is 11.3. The maximum atomic E-state index is 5.28. The summed E-state index contributed by atoms with van der Waals surface area (Å²) in [5.41, 5.74) is 3.12. The molecule has 6 nitrogen and oxygen atoms in total.